The summed E-state index contributed by atoms with van der Waals surface area (Å²) in [4.78, 5) is 24.7. The second-order valence-electron chi connectivity index (χ2n) is 6.06. The summed E-state index contributed by atoms with van der Waals surface area (Å²) < 4.78 is 5.35. The first kappa shape index (κ1) is 16.0. The van der Waals surface area contributed by atoms with Gasteiger partial charge in [-0.05, 0) is 44.4 Å². The third-order valence-corrected chi connectivity index (χ3v) is 4.06. The minimum Gasteiger partial charge on any atom is -0.460 e. The first-order chi connectivity index (χ1) is 11.5. The molecule has 1 aliphatic heterocycles. The van der Waals surface area contributed by atoms with Gasteiger partial charge in [0.05, 0.1) is 6.21 Å². The zero-order chi connectivity index (χ0) is 17.2. The van der Waals surface area contributed by atoms with Crippen LogP contribution >= 0.6 is 0 Å². The van der Waals surface area contributed by atoms with Crippen LogP contribution in [-0.2, 0) is 11.2 Å². The van der Waals surface area contributed by atoms with E-state index >= 15 is 0 Å². The van der Waals surface area contributed by atoms with Crippen molar-refractivity contribution in [2.45, 2.75) is 32.2 Å². The standard InChI is InChI=1S/C18H19N3O3/c1-13-8-9-15(24-13)12-19-21-16(22)18(2,20-17(21)23)11-10-14-6-4-3-5-7-14/h3-9,12H,10-11H2,1-2H3,(H,20,23)/b19-12-/t18-/m1/s1. The van der Waals surface area contributed by atoms with E-state index in [1.54, 1.807) is 19.1 Å². The summed E-state index contributed by atoms with van der Waals surface area (Å²) in [7, 11) is 0. The van der Waals surface area contributed by atoms with Crippen molar-refractivity contribution >= 4 is 18.2 Å². The van der Waals surface area contributed by atoms with Gasteiger partial charge in [-0.1, -0.05) is 30.3 Å². The Morgan fingerprint density at radius 1 is 1.21 bits per heavy atom. The summed E-state index contributed by atoms with van der Waals surface area (Å²) in [6.07, 6.45) is 2.57. The second kappa shape index (κ2) is 6.31. The summed E-state index contributed by atoms with van der Waals surface area (Å²) >= 11 is 0. The molecule has 0 saturated carbocycles. The molecule has 0 aliphatic carbocycles. The highest BCUT2D eigenvalue weighted by Gasteiger charge is 2.47. The SMILES string of the molecule is Cc1ccc(/C=N\N2C(=O)N[C@](C)(CCc3ccccc3)C2=O)o1. The van der Waals surface area contributed by atoms with Crippen LogP contribution in [0.5, 0.6) is 0 Å². The van der Waals surface area contributed by atoms with Gasteiger partial charge in [0, 0.05) is 0 Å². The van der Waals surface area contributed by atoms with Crippen molar-refractivity contribution in [2.75, 3.05) is 0 Å². The summed E-state index contributed by atoms with van der Waals surface area (Å²) in [5.41, 5.74) is 0.164. The maximum absolute atomic E-state index is 12.6. The smallest absolute Gasteiger partial charge is 0.346 e. The lowest BCUT2D eigenvalue weighted by molar-refractivity contribution is -0.130. The Morgan fingerprint density at radius 3 is 2.62 bits per heavy atom. The molecule has 0 bridgehead atoms. The fourth-order valence-corrected chi connectivity index (χ4v) is 2.62. The van der Waals surface area contributed by atoms with Crippen LogP contribution in [0.2, 0.25) is 0 Å². The highest BCUT2D eigenvalue weighted by molar-refractivity contribution is 6.07. The Morgan fingerprint density at radius 2 is 1.96 bits per heavy atom. The Bertz CT molecular complexity index is 782. The Balaban J connectivity index is 1.69. The van der Waals surface area contributed by atoms with Gasteiger partial charge in [0.2, 0.25) is 0 Å². The molecule has 0 spiro atoms. The fraction of sp³-hybridized carbons (Fsp3) is 0.278. The first-order valence-corrected chi connectivity index (χ1v) is 7.79. The van der Waals surface area contributed by atoms with E-state index in [1.807, 2.05) is 37.3 Å². The van der Waals surface area contributed by atoms with Gasteiger partial charge in [0.15, 0.2) is 0 Å². The number of hydrogen-bond donors (Lipinski definition) is 1. The highest BCUT2D eigenvalue weighted by atomic mass is 16.3. The second-order valence-corrected chi connectivity index (χ2v) is 6.06. The number of imide groups is 1. The molecular formula is C18H19N3O3. The van der Waals surface area contributed by atoms with E-state index in [0.29, 0.717) is 18.6 Å². The van der Waals surface area contributed by atoms with E-state index in [0.717, 1.165) is 16.3 Å². The number of rotatable bonds is 5. The van der Waals surface area contributed by atoms with Crippen molar-refractivity contribution < 1.29 is 14.0 Å². The Labute approximate surface area is 140 Å². The fourth-order valence-electron chi connectivity index (χ4n) is 2.62. The molecule has 3 amide bonds. The van der Waals surface area contributed by atoms with Crippen LogP contribution in [0.25, 0.3) is 0 Å². The van der Waals surface area contributed by atoms with Gasteiger partial charge in [0.1, 0.15) is 17.1 Å². The van der Waals surface area contributed by atoms with E-state index in [2.05, 4.69) is 10.4 Å². The number of hydrazone groups is 1. The lowest BCUT2D eigenvalue weighted by Gasteiger charge is -2.20. The summed E-state index contributed by atoms with van der Waals surface area (Å²) in [6, 6.07) is 12.8. The molecule has 1 N–H and O–H groups in total. The average Bonchev–Trinajstić information content (AvgIpc) is 3.07. The monoisotopic (exact) mass is 325 g/mol. The van der Waals surface area contributed by atoms with Crippen LogP contribution < -0.4 is 5.32 Å². The Hall–Kier alpha value is -2.89. The molecule has 1 aromatic carbocycles. The van der Waals surface area contributed by atoms with Crippen LogP contribution in [-0.4, -0.2) is 28.7 Å². The summed E-state index contributed by atoms with van der Waals surface area (Å²) in [5, 5.41) is 7.57. The van der Waals surface area contributed by atoms with Crippen LogP contribution in [0.4, 0.5) is 4.79 Å². The topological polar surface area (TPSA) is 74.9 Å². The molecule has 1 atom stereocenters. The van der Waals surface area contributed by atoms with E-state index in [4.69, 9.17) is 4.42 Å². The molecule has 6 heteroatoms. The van der Waals surface area contributed by atoms with Gasteiger partial charge < -0.3 is 9.73 Å². The minimum absolute atomic E-state index is 0.358. The maximum atomic E-state index is 12.6. The number of amides is 3. The van der Waals surface area contributed by atoms with Crippen molar-refractivity contribution in [3.05, 3.63) is 59.5 Å². The van der Waals surface area contributed by atoms with Gasteiger partial charge in [0.25, 0.3) is 5.91 Å². The molecule has 1 aromatic heterocycles. The van der Waals surface area contributed by atoms with Gasteiger partial charge >= 0.3 is 6.03 Å². The van der Waals surface area contributed by atoms with Crippen molar-refractivity contribution in [1.29, 1.82) is 0 Å². The normalized spacial score (nSPS) is 20.8. The maximum Gasteiger partial charge on any atom is 0.346 e. The van der Waals surface area contributed by atoms with E-state index in [-0.39, 0.29) is 5.91 Å². The number of aryl methyl sites for hydroxylation is 2. The molecular weight excluding hydrogens is 306 g/mol. The third-order valence-electron chi connectivity index (χ3n) is 4.06. The number of carbonyl (C=O) groups excluding carboxylic acids is 2. The van der Waals surface area contributed by atoms with Crippen molar-refractivity contribution in [3.63, 3.8) is 0 Å². The molecule has 0 unspecified atom stereocenters. The lowest BCUT2D eigenvalue weighted by Crippen LogP contribution is -2.44. The van der Waals surface area contributed by atoms with Crippen molar-refractivity contribution in [2.24, 2.45) is 5.10 Å². The molecule has 2 aromatic rings. The molecule has 124 valence electrons. The van der Waals surface area contributed by atoms with Gasteiger partial charge in [-0.25, -0.2) is 4.79 Å². The molecule has 1 aliphatic rings. The number of nitrogens with zero attached hydrogens (tertiary/aromatic N) is 2. The van der Waals surface area contributed by atoms with Crippen LogP contribution in [0.15, 0.2) is 52.0 Å². The van der Waals surface area contributed by atoms with Crippen LogP contribution in [0.1, 0.15) is 30.4 Å². The summed E-state index contributed by atoms with van der Waals surface area (Å²) in [5.74, 6) is 0.871. The van der Waals surface area contributed by atoms with Gasteiger partial charge in [-0.15, -0.1) is 5.01 Å². The predicted octanol–water partition coefficient (Wildman–Crippen LogP) is 2.87. The largest absolute Gasteiger partial charge is 0.460 e. The molecule has 0 radical (unpaired) electrons. The quantitative estimate of drug-likeness (QED) is 0.678. The first-order valence-electron chi connectivity index (χ1n) is 7.79. The summed E-state index contributed by atoms with van der Waals surface area (Å²) in [6.45, 7) is 3.54. The van der Waals surface area contributed by atoms with Crippen molar-refractivity contribution in [3.8, 4) is 0 Å². The van der Waals surface area contributed by atoms with E-state index in [9.17, 15) is 9.59 Å². The van der Waals surface area contributed by atoms with Gasteiger partial charge in [-0.2, -0.15) is 5.10 Å². The number of urea groups is 1. The molecule has 1 saturated heterocycles. The third kappa shape index (κ3) is 3.22. The number of hydrogen-bond acceptors (Lipinski definition) is 4. The zero-order valence-corrected chi connectivity index (χ0v) is 13.7. The molecule has 1 fully saturated rings. The zero-order valence-electron chi connectivity index (χ0n) is 13.7. The number of nitrogens with one attached hydrogen (secondary N) is 1. The molecule has 6 nitrogen and oxygen atoms in total. The molecule has 3 rings (SSSR count). The van der Waals surface area contributed by atoms with E-state index < -0.39 is 11.6 Å². The predicted molar refractivity (Wildman–Crippen MR) is 89.6 cm³/mol. The average molecular weight is 325 g/mol. The van der Waals surface area contributed by atoms with Crippen LogP contribution in [0, 0.1) is 6.92 Å². The van der Waals surface area contributed by atoms with Crippen molar-refractivity contribution in [1.82, 2.24) is 10.3 Å². The van der Waals surface area contributed by atoms with Gasteiger partial charge in [-0.3, -0.25) is 4.79 Å². The number of carbonyl (C=O) groups is 2. The molecule has 2 heterocycles. The van der Waals surface area contributed by atoms with E-state index in [1.165, 1.54) is 6.21 Å². The van der Waals surface area contributed by atoms with Crippen LogP contribution in [0.3, 0.4) is 0 Å². The molecule has 24 heavy (non-hydrogen) atoms. The number of benzene rings is 1. The highest BCUT2D eigenvalue weighted by Crippen LogP contribution is 2.23. The minimum atomic E-state index is -0.955. The number of furan rings is 1. The Kier molecular flexibility index (Phi) is 4.20. The lowest BCUT2D eigenvalue weighted by atomic mass is 9.93.